The lowest BCUT2D eigenvalue weighted by atomic mass is 10.0. The van der Waals surface area contributed by atoms with Gasteiger partial charge in [-0.2, -0.15) is 22.0 Å². The molecule has 0 saturated carbocycles. The Morgan fingerprint density at radius 2 is 1.93 bits per heavy atom. The molecule has 1 aromatic carbocycles. The number of methoxy groups -OCH3 is 1. The van der Waals surface area contributed by atoms with Crippen molar-refractivity contribution < 1.29 is 31.4 Å². The molecule has 2 aromatic heterocycles. The predicted octanol–water partition coefficient (Wildman–Crippen LogP) is 4.02. The van der Waals surface area contributed by atoms with Crippen LogP contribution in [0.5, 0.6) is 11.6 Å². The summed E-state index contributed by atoms with van der Waals surface area (Å²) in [5.74, 6) is -1.08. The molecule has 3 aromatic rings. The van der Waals surface area contributed by atoms with Crippen molar-refractivity contribution >= 4 is 0 Å². The summed E-state index contributed by atoms with van der Waals surface area (Å²) in [4.78, 5) is 7.35. The van der Waals surface area contributed by atoms with Gasteiger partial charge in [0.2, 0.25) is 5.88 Å². The number of ether oxygens (including phenoxy) is 2. The van der Waals surface area contributed by atoms with E-state index in [1.807, 2.05) is 0 Å². The Bertz CT molecular complexity index is 959. The molecule has 0 spiro atoms. The van der Waals surface area contributed by atoms with Crippen LogP contribution in [-0.2, 0) is 12.7 Å². The van der Waals surface area contributed by atoms with Crippen molar-refractivity contribution in [3.8, 4) is 22.8 Å². The van der Waals surface area contributed by atoms with Crippen LogP contribution in [0.3, 0.4) is 0 Å². The number of aromatic nitrogens is 4. The first-order chi connectivity index (χ1) is 13.3. The van der Waals surface area contributed by atoms with E-state index in [0.717, 1.165) is 11.0 Å². The lowest BCUT2D eigenvalue weighted by Crippen LogP contribution is -2.09. The summed E-state index contributed by atoms with van der Waals surface area (Å²) in [6.45, 7) is -3.00. The van der Waals surface area contributed by atoms with E-state index in [2.05, 4.69) is 19.8 Å². The number of hydrogen-bond acceptors (Lipinski definition) is 5. The lowest BCUT2D eigenvalue weighted by Gasteiger charge is -2.11. The zero-order valence-corrected chi connectivity index (χ0v) is 14.3. The third kappa shape index (κ3) is 4.53. The minimum Gasteiger partial charge on any atom is -0.481 e. The third-order valence-corrected chi connectivity index (χ3v) is 3.61. The van der Waals surface area contributed by atoms with Gasteiger partial charge in [0, 0.05) is 11.8 Å². The van der Waals surface area contributed by atoms with Crippen LogP contribution < -0.4 is 9.47 Å². The van der Waals surface area contributed by atoms with E-state index in [1.54, 1.807) is 12.1 Å². The maximum absolute atomic E-state index is 12.6. The highest BCUT2D eigenvalue weighted by Crippen LogP contribution is 2.32. The van der Waals surface area contributed by atoms with Crippen molar-refractivity contribution in [3.63, 3.8) is 0 Å². The SMILES string of the molecule is COc1ncc(Cn2cnc(C(F)(F)F)n2)cc1-c1cccc(OC(F)F)c1. The fourth-order valence-corrected chi connectivity index (χ4v) is 2.48. The zero-order chi connectivity index (χ0) is 20.3. The van der Waals surface area contributed by atoms with Crippen molar-refractivity contribution in [2.45, 2.75) is 19.3 Å². The van der Waals surface area contributed by atoms with Crippen molar-refractivity contribution in [3.05, 3.63) is 54.2 Å². The molecule has 0 fully saturated rings. The molecule has 0 bridgehead atoms. The summed E-state index contributed by atoms with van der Waals surface area (Å²) in [6.07, 6.45) is -2.26. The maximum Gasteiger partial charge on any atom is 0.453 e. The van der Waals surface area contributed by atoms with E-state index >= 15 is 0 Å². The summed E-state index contributed by atoms with van der Waals surface area (Å²) in [6, 6.07) is 7.52. The smallest absolute Gasteiger partial charge is 0.453 e. The first-order valence-electron chi connectivity index (χ1n) is 7.81. The second-order valence-electron chi connectivity index (χ2n) is 5.57. The van der Waals surface area contributed by atoms with E-state index in [-0.39, 0.29) is 18.2 Å². The molecule has 0 aliphatic heterocycles. The van der Waals surface area contributed by atoms with E-state index in [4.69, 9.17) is 4.74 Å². The van der Waals surface area contributed by atoms with Crippen molar-refractivity contribution in [2.75, 3.05) is 7.11 Å². The summed E-state index contributed by atoms with van der Waals surface area (Å²) < 4.78 is 73.3. The van der Waals surface area contributed by atoms with Gasteiger partial charge in [-0.25, -0.2) is 14.6 Å². The molecule has 0 radical (unpaired) electrons. The molecule has 0 N–H and O–H groups in total. The molecule has 0 atom stereocenters. The van der Waals surface area contributed by atoms with Gasteiger partial charge < -0.3 is 9.47 Å². The number of pyridine rings is 1. The number of halogens is 5. The highest BCUT2D eigenvalue weighted by atomic mass is 19.4. The molecule has 11 heteroatoms. The van der Waals surface area contributed by atoms with E-state index < -0.39 is 18.6 Å². The monoisotopic (exact) mass is 400 g/mol. The maximum atomic E-state index is 12.6. The van der Waals surface area contributed by atoms with Crippen LogP contribution in [0.1, 0.15) is 11.4 Å². The molecule has 0 aliphatic carbocycles. The average molecular weight is 400 g/mol. The molecular weight excluding hydrogens is 387 g/mol. The molecule has 6 nitrogen and oxygen atoms in total. The van der Waals surface area contributed by atoms with Crippen molar-refractivity contribution in [1.29, 1.82) is 0 Å². The average Bonchev–Trinajstić information content (AvgIpc) is 3.10. The van der Waals surface area contributed by atoms with Crippen molar-refractivity contribution in [2.24, 2.45) is 0 Å². The number of nitrogens with zero attached hydrogens (tertiary/aromatic N) is 4. The molecule has 28 heavy (non-hydrogen) atoms. The highest BCUT2D eigenvalue weighted by molar-refractivity contribution is 5.70. The predicted molar refractivity (Wildman–Crippen MR) is 87.0 cm³/mol. The number of rotatable bonds is 6. The van der Waals surface area contributed by atoms with Crippen LogP contribution in [-0.4, -0.2) is 33.5 Å². The highest BCUT2D eigenvalue weighted by Gasteiger charge is 2.35. The van der Waals surface area contributed by atoms with Gasteiger partial charge in [-0.15, -0.1) is 5.10 Å². The number of benzene rings is 1. The number of hydrogen-bond donors (Lipinski definition) is 0. The standard InChI is InChI=1S/C17H13F5N4O2/c1-27-14-13(11-3-2-4-12(6-11)28-16(18)19)5-10(7-23-14)8-26-9-24-15(25-26)17(20,21)22/h2-7,9,16H,8H2,1H3. The fourth-order valence-electron chi connectivity index (χ4n) is 2.48. The largest absolute Gasteiger partial charge is 0.481 e. The number of alkyl halides is 5. The van der Waals surface area contributed by atoms with Crippen LogP contribution in [0.4, 0.5) is 22.0 Å². The third-order valence-electron chi connectivity index (χ3n) is 3.61. The Kier molecular flexibility index (Phi) is 5.43. The van der Waals surface area contributed by atoms with Crippen molar-refractivity contribution in [1.82, 2.24) is 19.7 Å². The molecule has 0 aliphatic rings. The zero-order valence-electron chi connectivity index (χ0n) is 14.3. The van der Waals surface area contributed by atoms with E-state index in [1.165, 1.54) is 31.5 Å². The second kappa shape index (κ2) is 7.79. The van der Waals surface area contributed by atoms with E-state index in [9.17, 15) is 22.0 Å². The first-order valence-corrected chi connectivity index (χ1v) is 7.81. The fraction of sp³-hybridized carbons (Fsp3) is 0.235. The molecule has 148 valence electrons. The van der Waals surface area contributed by atoms with Gasteiger partial charge in [-0.3, -0.25) is 0 Å². The van der Waals surface area contributed by atoms with Crippen LogP contribution in [0.25, 0.3) is 11.1 Å². The second-order valence-corrected chi connectivity index (χ2v) is 5.57. The molecule has 0 unspecified atom stereocenters. The van der Waals surface area contributed by atoms with Gasteiger partial charge >= 0.3 is 12.8 Å². The summed E-state index contributed by atoms with van der Waals surface area (Å²) in [5.41, 5.74) is 1.45. The van der Waals surface area contributed by atoms with Crippen LogP contribution in [0.15, 0.2) is 42.9 Å². The Morgan fingerprint density at radius 1 is 1.14 bits per heavy atom. The van der Waals surface area contributed by atoms with Gasteiger partial charge in [0.05, 0.1) is 13.7 Å². The topological polar surface area (TPSA) is 62.1 Å². The van der Waals surface area contributed by atoms with Gasteiger partial charge in [0.15, 0.2) is 0 Å². The first kappa shape index (κ1) is 19.5. The van der Waals surface area contributed by atoms with Gasteiger partial charge in [-0.05, 0) is 29.3 Å². The quantitative estimate of drug-likeness (QED) is 0.585. The normalized spacial score (nSPS) is 11.7. The molecule has 2 heterocycles. The van der Waals surface area contributed by atoms with Gasteiger partial charge in [0.25, 0.3) is 5.82 Å². The Balaban J connectivity index is 1.91. The molecule has 3 rings (SSSR count). The minimum absolute atomic E-state index is 0.0275. The Morgan fingerprint density at radius 3 is 2.57 bits per heavy atom. The van der Waals surface area contributed by atoms with Gasteiger partial charge in [-0.1, -0.05) is 12.1 Å². The Labute approximate surface area is 155 Å². The van der Waals surface area contributed by atoms with Gasteiger partial charge in [0.1, 0.15) is 12.1 Å². The lowest BCUT2D eigenvalue weighted by molar-refractivity contribution is -0.145. The van der Waals surface area contributed by atoms with E-state index in [0.29, 0.717) is 16.7 Å². The summed E-state index contributed by atoms with van der Waals surface area (Å²) in [7, 11) is 1.39. The van der Waals surface area contributed by atoms with Crippen LogP contribution in [0.2, 0.25) is 0 Å². The molecule has 0 saturated heterocycles. The van der Waals surface area contributed by atoms with Crippen LogP contribution in [0, 0.1) is 0 Å². The summed E-state index contributed by atoms with van der Waals surface area (Å²) >= 11 is 0. The minimum atomic E-state index is -4.64. The van der Waals surface area contributed by atoms with Crippen LogP contribution >= 0.6 is 0 Å². The molecule has 0 amide bonds. The molecular formula is C17H13F5N4O2. The summed E-state index contributed by atoms with van der Waals surface area (Å²) in [5, 5.41) is 3.39. The Hall–Kier alpha value is -3.24.